The fraction of sp³-hybridized carbons (Fsp3) is 0.786. The van der Waals surface area contributed by atoms with Crippen LogP contribution in [0.5, 0.6) is 0 Å². The Morgan fingerprint density at radius 2 is 1.93 bits per heavy atom. The number of ether oxygens (including phenoxy) is 1. The van der Waals surface area contributed by atoms with E-state index in [9.17, 15) is 22.8 Å². The number of sulfonamides is 1. The summed E-state index contributed by atoms with van der Waals surface area (Å²) in [5.74, 6) is -1.98. The Morgan fingerprint density at radius 1 is 1.37 bits per heavy atom. The van der Waals surface area contributed by atoms with E-state index in [4.69, 9.17) is 10.3 Å². The van der Waals surface area contributed by atoms with E-state index in [-0.39, 0.29) is 25.9 Å². The van der Waals surface area contributed by atoms with Crippen molar-refractivity contribution in [1.82, 2.24) is 9.37 Å². The Labute approximate surface area is 157 Å². The van der Waals surface area contributed by atoms with Crippen LogP contribution in [0.1, 0.15) is 33.6 Å². The highest BCUT2D eigenvalue weighted by Crippen LogP contribution is 2.27. The van der Waals surface area contributed by atoms with Crippen molar-refractivity contribution in [3.63, 3.8) is 0 Å². The number of carbonyl (C=O) groups excluding carboxylic acids is 3. The lowest BCUT2D eigenvalue weighted by Gasteiger charge is -2.33. The summed E-state index contributed by atoms with van der Waals surface area (Å²) in [6.07, 6.45) is -2.84. The molecule has 1 heterocycles. The van der Waals surface area contributed by atoms with Gasteiger partial charge in [0.1, 0.15) is 11.9 Å². The Balaban J connectivity index is 2.99. The van der Waals surface area contributed by atoms with E-state index < -0.39 is 45.3 Å². The van der Waals surface area contributed by atoms with Crippen LogP contribution in [0.25, 0.3) is 10.4 Å². The van der Waals surface area contributed by atoms with Crippen LogP contribution in [0.3, 0.4) is 0 Å². The molecule has 1 atom stereocenters. The van der Waals surface area contributed by atoms with E-state index >= 15 is 0 Å². The monoisotopic (exact) mass is 405 g/mol. The van der Waals surface area contributed by atoms with Crippen LogP contribution < -0.4 is 0 Å². The number of nitrogens with zero attached hydrogens (tertiary/aromatic N) is 5. The summed E-state index contributed by atoms with van der Waals surface area (Å²) in [5.41, 5.74) is 7.45. The molecule has 0 radical (unpaired) electrons. The molecule has 152 valence electrons. The zero-order valence-corrected chi connectivity index (χ0v) is 16.4. The van der Waals surface area contributed by atoms with Crippen LogP contribution in [0, 0.1) is 5.41 Å². The molecule has 1 unspecified atom stereocenters. The zero-order valence-electron chi connectivity index (χ0n) is 15.6. The average Bonchev–Trinajstić information content (AvgIpc) is 2.90. The van der Waals surface area contributed by atoms with Crippen LogP contribution in [0.2, 0.25) is 0 Å². The molecule has 1 aliphatic heterocycles. The van der Waals surface area contributed by atoms with Gasteiger partial charge in [-0.1, -0.05) is 30.9 Å². The second kappa shape index (κ2) is 9.02. The van der Waals surface area contributed by atoms with E-state index in [0.29, 0.717) is 5.06 Å². The van der Waals surface area contributed by atoms with E-state index in [0.717, 1.165) is 4.31 Å². The largest absolute Gasteiger partial charge is 0.534 e. The number of hydroxylamine groups is 2. The third-order valence-electron chi connectivity index (χ3n) is 4.11. The lowest BCUT2D eigenvalue weighted by atomic mass is 9.87. The third-order valence-corrected chi connectivity index (χ3v) is 6.04. The van der Waals surface area contributed by atoms with Gasteiger partial charge in [-0.3, -0.25) is 14.4 Å². The zero-order chi connectivity index (χ0) is 20.8. The molecule has 1 rings (SSSR count). The lowest BCUT2D eigenvalue weighted by Crippen LogP contribution is -2.45. The van der Waals surface area contributed by atoms with E-state index in [2.05, 4.69) is 14.9 Å². The van der Waals surface area contributed by atoms with Crippen LogP contribution in [0.15, 0.2) is 5.11 Å². The van der Waals surface area contributed by atoms with Gasteiger partial charge in [0.05, 0.1) is 0 Å². The summed E-state index contributed by atoms with van der Waals surface area (Å²) < 4.78 is 31.0. The van der Waals surface area contributed by atoms with Crippen molar-refractivity contribution in [3.8, 4) is 0 Å². The summed E-state index contributed by atoms with van der Waals surface area (Å²) in [7, 11) is -2.43. The van der Waals surface area contributed by atoms with Gasteiger partial charge in [0.2, 0.25) is 10.0 Å². The second-order valence-electron chi connectivity index (χ2n) is 6.60. The minimum Gasteiger partial charge on any atom is -0.428 e. The molecule has 13 heteroatoms. The third kappa shape index (κ3) is 6.08. The molecular weight excluding hydrogens is 382 g/mol. The number of azide groups is 1. The topological polar surface area (TPSA) is 159 Å². The van der Waals surface area contributed by atoms with Crippen molar-refractivity contribution in [3.05, 3.63) is 10.4 Å². The summed E-state index contributed by atoms with van der Waals surface area (Å²) in [6, 6.07) is 0. The van der Waals surface area contributed by atoms with Gasteiger partial charge in [-0.15, -0.1) is 0 Å². The van der Waals surface area contributed by atoms with Gasteiger partial charge in [-0.25, -0.2) is 17.5 Å². The molecule has 0 bridgehead atoms. The molecule has 0 spiro atoms. The van der Waals surface area contributed by atoms with Crippen LogP contribution >= 0.6 is 0 Å². The van der Waals surface area contributed by atoms with Crippen LogP contribution in [0.4, 0.5) is 4.79 Å². The maximum absolute atomic E-state index is 12.4. The molecule has 12 nitrogen and oxygen atoms in total. The molecule has 0 saturated carbocycles. The van der Waals surface area contributed by atoms with E-state index in [1.54, 1.807) is 20.8 Å². The molecule has 0 aromatic rings. The van der Waals surface area contributed by atoms with E-state index in [1.807, 2.05) is 0 Å². The quantitative estimate of drug-likeness (QED) is 0.183. The highest BCUT2D eigenvalue weighted by molar-refractivity contribution is 7.89. The van der Waals surface area contributed by atoms with Gasteiger partial charge in [0.15, 0.2) is 0 Å². The number of amides is 2. The Morgan fingerprint density at radius 3 is 2.41 bits per heavy atom. The Hall–Kier alpha value is -2.37. The SMILES string of the molecule is CCN(C)S(=O)(=O)CC(OC(=O)ON1C(=O)CCC1=O)C(C)(C)CN=[N+]=[N-]. The van der Waals surface area contributed by atoms with Gasteiger partial charge >= 0.3 is 6.16 Å². The van der Waals surface area contributed by atoms with Crippen LogP contribution in [-0.4, -0.2) is 67.7 Å². The average molecular weight is 405 g/mol. The minimum absolute atomic E-state index is 0.0897. The number of imide groups is 1. The summed E-state index contributed by atoms with van der Waals surface area (Å²) in [6.45, 7) is 4.78. The van der Waals surface area contributed by atoms with E-state index in [1.165, 1.54) is 7.05 Å². The number of rotatable bonds is 9. The smallest absolute Gasteiger partial charge is 0.428 e. The maximum Gasteiger partial charge on any atom is 0.534 e. The molecule has 1 aliphatic rings. The van der Waals surface area contributed by atoms with Crippen molar-refractivity contribution in [2.45, 2.75) is 39.7 Å². The van der Waals surface area contributed by atoms with Crippen molar-refractivity contribution < 1.29 is 32.4 Å². The van der Waals surface area contributed by atoms with Crippen molar-refractivity contribution in [2.75, 3.05) is 25.9 Å². The fourth-order valence-corrected chi connectivity index (χ4v) is 3.67. The number of carbonyl (C=O) groups is 3. The summed E-state index contributed by atoms with van der Waals surface area (Å²) >= 11 is 0. The molecule has 27 heavy (non-hydrogen) atoms. The lowest BCUT2D eigenvalue weighted by molar-refractivity contribution is -0.179. The molecule has 0 N–H and O–H groups in total. The normalized spacial score (nSPS) is 16.3. The molecule has 0 aliphatic carbocycles. The number of hydrogen-bond acceptors (Lipinski definition) is 8. The first-order valence-electron chi connectivity index (χ1n) is 8.14. The standard InChI is InChI=1S/C14H23N5O7S/c1-5-18(4)27(23,24)8-10(14(2,3)9-16-17-15)25-13(22)26-19-11(20)6-7-12(19)21/h10H,5-9H2,1-4H3. The van der Waals surface area contributed by atoms with Crippen LogP contribution in [-0.2, 0) is 29.2 Å². The van der Waals surface area contributed by atoms with Crippen molar-refractivity contribution in [1.29, 1.82) is 0 Å². The minimum atomic E-state index is -3.79. The van der Waals surface area contributed by atoms with Gasteiger partial charge in [-0.05, 0) is 5.53 Å². The Kier molecular flexibility index (Phi) is 7.57. The highest BCUT2D eigenvalue weighted by atomic mass is 32.2. The first-order valence-corrected chi connectivity index (χ1v) is 9.74. The second-order valence-corrected chi connectivity index (χ2v) is 8.72. The van der Waals surface area contributed by atoms with Gasteiger partial charge < -0.3 is 4.74 Å². The van der Waals surface area contributed by atoms with Crippen molar-refractivity contribution in [2.24, 2.45) is 10.5 Å². The summed E-state index contributed by atoms with van der Waals surface area (Å²) in [5, 5.41) is 3.71. The molecule has 0 aromatic heterocycles. The summed E-state index contributed by atoms with van der Waals surface area (Å²) in [4.78, 5) is 42.3. The molecule has 1 fully saturated rings. The molecule has 1 saturated heterocycles. The number of hydrogen-bond donors (Lipinski definition) is 0. The fourth-order valence-electron chi connectivity index (χ4n) is 2.12. The Bertz CT molecular complexity index is 729. The highest BCUT2D eigenvalue weighted by Gasteiger charge is 2.40. The molecule has 2 amide bonds. The maximum atomic E-state index is 12.4. The first kappa shape index (κ1) is 22.7. The molecular formula is C14H23N5O7S. The molecule has 0 aromatic carbocycles. The first-order chi connectivity index (χ1) is 12.4. The van der Waals surface area contributed by atoms with Gasteiger partial charge in [-0.2, -0.15) is 0 Å². The van der Waals surface area contributed by atoms with Gasteiger partial charge in [0, 0.05) is 43.3 Å². The predicted octanol–water partition coefficient (Wildman–Crippen LogP) is 1.19. The predicted molar refractivity (Wildman–Crippen MR) is 92.3 cm³/mol. The van der Waals surface area contributed by atoms with Crippen molar-refractivity contribution >= 4 is 28.0 Å². The van der Waals surface area contributed by atoms with Gasteiger partial charge in [0.25, 0.3) is 11.8 Å².